The summed E-state index contributed by atoms with van der Waals surface area (Å²) in [6.45, 7) is 2.10. The van der Waals surface area contributed by atoms with Crippen molar-refractivity contribution in [2.45, 2.75) is 19.1 Å². The van der Waals surface area contributed by atoms with Gasteiger partial charge in [0.2, 0.25) is 0 Å². The van der Waals surface area contributed by atoms with Crippen molar-refractivity contribution >= 4 is 11.3 Å². The van der Waals surface area contributed by atoms with Crippen LogP contribution in [0.25, 0.3) is 0 Å². The number of aromatic nitrogens is 1. The molecule has 0 radical (unpaired) electrons. The first kappa shape index (κ1) is 13.2. The third-order valence-corrected chi connectivity index (χ3v) is 3.88. The Labute approximate surface area is 112 Å². The van der Waals surface area contributed by atoms with Crippen molar-refractivity contribution in [3.8, 4) is 0 Å². The fraction of sp³-hybridized carbons (Fsp3) is 0.357. The van der Waals surface area contributed by atoms with E-state index in [0.29, 0.717) is 0 Å². The lowest BCUT2D eigenvalue weighted by Gasteiger charge is -2.13. The number of thiazole rings is 1. The summed E-state index contributed by atoms with van der Waals surface area (Å²) in [4.78, 5) is 4.66. The second kappa shape index (κ2) is 6.09. The van der Waals surface area contributed by atoms with Crippen molar-refractivity contribution in [2.24, 2.45) is 0 Å². The smallest absolute Gasteiger partial charge is 0.134 e. The number of ether oxygens (including phenoxy) is 1. The van der Waals surface area contributed by atoms with Crippen LogP contribution in [-0.2, 0) is 4.74 Å². The Morgan fingerprint density at radius 3 is 2.61 bits per heavy atom. The highest BCUT2D eigenvalue weighted by molar-refractivity contribution is 7.09. The molecule has 1 aromatic carbocycles. The molecule has 1 heterocycles. The Morgan fingerprint density at radius 2 is 2.00 bits per heavy atom. The maximum atomic E-state index is 5.58. The first-order chi connectivity index (χ1) is 8.76. The first-order valence-corrected chi connectivity index (χ1v) is 6.84. The van der Waals surface area contributed by atoms with E-state index >= 15 is 0 Å². The quantitative estimate of drug-likeness (QED) is 0.898. The largest absolute Gasteiger partial charge is 0.370 e. The second-order valence-corrected chi connectivity index (χ2v) is 5.04. The Hall–Kier alpha value is -1.23. The highest BCUT2D eigenvalue weighted by Crippen LogP contribution is 2.29. The minimum atomic E-state index is -0.0750. The fourth-order valence-electron chi connectivity index (χ4n) is 1.78. The normalized spacial score (nSPS) is 14.4. The summed E-state index contributed by atoms with van der Waals surface area (Å²) in [7, 11) is 3.66. The lowest BCUT2D eigenvalue weighted by Crippen LogP contribution is -2.13. The topological polar surface area (TPSA) is 34.1 Å². The number of hydrogen-bond donors (Lipinski definition) is 1. The summed E-state index contributed by atoms with van der Waals surface area (Å²) in [5.41, 5.74) is 2.20. The molecule has 0 saturated heterocycles. The van der Waals surface area contributed by atoms with Crippen LogP contribution in [0.2, 0.25) is 0 Å². The molecule has 2 aromatic rings. The zero-order chi connectivity index (χ0) is 13.0. The molecule has 3 nitrogen and oxygen atoms in total. The van der Waals surface area contributed by atoms with Gasteiger partial charge in [0.05, 0.1) is 5.69 Å². The Bertz CT molecular complexity index is 484. The summed E-state index contributed by atoms with van der Waals surface area (Å²) in [6, 6.07) is 10.4. The van der Waals surface area contributed by atoms with Gasteiger partial charge in [0.15, 0.2) is 0 Å². The van der Waals surface area contributed by atoms with Crippen LogP contribution in [0, 0.1) is 0 Å². The summed E-state index contributed by atoms with van der Waals surface area (Å²) in [5, 5.41) is 6.28. The number of nitrogens with one attached hydrogen (secondary N) is 1. The van der Waals surface area contributed by atoms with Gasteiger partial charge in [-0.2, -0.15) is 0 Å². The van der Waals surface area contributed by atoms with Gasteiger partial charge in [-0.1, -0.05) is 30.3 Å². The Kier molecular flexibility index (Phi) is 4.47. The molecule has 0 aliphatic heterocycles. The van der Waals surface area contributed by atoms with Gasteiger partial charge in [0.25, 0.3) is 0 Å². The molecule has 0 fully saturated rings. The molecule has 2 rings (SSSR count). The van der Waals surface area contributed by atoms with Gasteiger partial charge < -0.3 is 10.1 Å². The minimum Gasteiger partial charge on any atom is -0.370 e. The zero-order valence-corrected chi connectivity index (χ0v) is 11.7. The number of benzene rings is 1. The molecule has 0 saturated carbocycles. The van der Waals surface area contributed by atoms with Crippen LogP contribution < -0.4 is 5.32 Å². The summed E-state index contributed by atoms with van der Waals surface area (Å²) >= 11 is 1.64. The van der Waals surface area contributed by atoms with Crippen LogP contribution in [0.15, 0.2) is 35.7 Å². The van der Waals surface area contributed by atoms with Crippen molar-refractivity contribution in [2.75, 3.05) is 14.2 Å². The van der Waals surface area contributed by atoms with Crippen LogP contribution >= 0.6 is 11.3 Å². The average Bonchev–Trinajstić information content (AvgIpc) is 2.89. The molecule has 1 N–H and O–H groups in total. The van der Waals surface area contributed by atoms with E-state index in [1.165, 1.54) is 0 Å². The number of hydrogen-bond acceptors (Lipinski definition) is 4. The van der Waals surface area contributed by atoms with Gasteiger partial charge >= 0.3 is 0 Å². The van der Waals surface area contributed by atoms with Gasteiger partial charge in [0.1, 0.15) is 11.1 Å². The van der Waals surface area contributed by atoms with Crippen LogP contribution in [0.3, 0.4) is 0 Å². The van der Waals surface area contributed by atoms with E-state index in [1.807, 2.05) is 25.2 Å². The van der Waals surface area contributed by atoms with Crippen molar-refractivity contribution in [3.63, 3.8) is 0 Å². The standard InChI is InChI=1S/C14H18N2OS/c1-10(15-2)12-9-18-14(16-12)13(17-3)11-7-5-4-6-8-11/h4-10,13,15H,1-3H3. The third-order valence-electron chi connectivity index (χ3n) is 2.98. The second-order valence-electron chi connectivity index (χ2n) is 4.15. The lowest BCUT2D eigenvalue weighted by atomic mass is 10.1. The van der Waals surface area contributed by atoms with Crippen molar-refractivity contribution < 1.29 is 4.74 Å². The first-order valence-electron chi connectivity index (χ1n) is 5.96. The molecule has 0 spiro atoms. The van der Waals surface area contributed by atoms with Crippen LogP contribution in [0.1, 0.15) is 35.3 Å². The number of methoxy groups -OCH3 is 1. The molecule has 96 valence electrons. The zero-order valence-electron chi connectivity index (χ0n) is 10.9. The van der Waals surface area contributed by atoms with E-state index < -0.39 is 0 Å². The molecule has 2 unspecified atom stereocenters. The van der Waals surface area contributed by atoms with E-state index in [1.54, 1.807) is 18.4 Å². The maximum Gasteiger partial charge on any atom is 0.134 e. The molecule has 0 aliphatic rings. The SMILES string of the molecule is CNC(C)c1csc(C(OC)c2ccccc2)n1. The van der Waals surface area contributed by atoms with E-state index in [2.05, 4.69) is 34.7 Å². The molecule has 4 heteroatoms. The van der Waals surface area contributed by atoms with E-state index in [9.17, 15) is 0 Å². The van der Waals surface area contributed by atoms with Crippen LogP contribution in [-0.4, -0.2) is 19.1 Å². The van der Waals surface area contributed by atoms with Crippen molar-refractivity contribution in [3.05, 3.63) is 52.0 Å². The van der Waals surface area contributed by atoms with Gasteiger partial charge in [-0.15, -0.1) is 11.3 Å². The van der Waals surface area contributed by atoms with E-state index in [4.69, 9.17) is 4.74 Å². The van der Waals surface area contributed by atoms with Crippen molar-refractivity contribution in [1.29, 1.82) is 0 Å². The lowest BCUT2D eigenvalue weighted by molar-refractivity contribution is 0.136. The highest BCUT2D eigenvalue weighted by Gasteiger charge is 2.18. The third kappa shape index (κ3) is 2.77. The molecule has 18 heavy (non-hydrogen) atoms. The molecule has 0 aliphatic carbocycles. The van der Waals surface area contributed by atoms with Crippen LogP contribution in [0.4, 0.5) is 0 Å². The highest BCUT2D eigenvalue weighted by atomic mass is 32.1. The Balaban J connectivity index is 2.26. The number of rotatable bonds is 5. The number of nitrogens with zero attached hydrogens (tertiary/aromatic N) is 1. The van der Waals surface area contributed by atoms with Gasteiger partial charge in [-0.25, -0.2) is 4.98 Å². The van der Waals surface area contributed by atoms with Gasteiger partial charge in [0, 0.05) is 18.5 Å². The molecular formula is C14H18N2OS. The van der Waals surface area contributed by atoms with Gasteiger partial charge in [-0.05, 0) is 19.5 Å². The average molecular weight is 262 g/mol. The predicted molar refractivity (Wildman–Crippen MR) is 74.9 cm³/mol. The summed E-state index contributed by atoms with van der Waals surface area (Å²) in [5.74, 6) is 0. The van der Waals surface area contributed by atoms with Crippen LogP contribution in [0.5, 0.6) is 0 Å². The molecular weight excluding hydrogens is 244 g/mol. The monoisotopic (exact) mass is 262 g/mol. The van der Waals surface area contributed by atoms with E-state index in [0.717, 1.165) is 16.3 Å². The van der Waals surface area contributed by atoms with Gasteiger partial charge in [-0.3, -0.25) is 0 Å². The van der Waals surface area contributed by atoms with E-state index in [-0.39, 0.29) is 12.1 Å². The predicted octanol–water partition coefficient (Wildman–Crippen LogP) is 3.16. The molecule has 0 bridgehead atoms. The van der Waals surface area contributed by atoms with Crippen molar-refractivity contribution in [1.82, 2.24) is 10.3 Å². The minimum absolute atomic E-state index is 0.0750. The fourth-order valence-corrected chi connectivity index (χ4v) is 2.79. The Morgan fingerprint density at radius 1 is 1.28 bits per heavy atom. The molecule has 0 amide bonds. The molecule has 2 atom stereocenters. The molecule has 1 aromatic heterocycles. The maximum absolute atomic E-state index is 5.58. The summed E-state index contributed by atoms with van der Waals surface area (Å²) < 4.78 is 5.58. The summed E-state index contributed by atoms with van der Waals surface area (Å²) in [6.07, 6.45) is -0.0750.